The Hall–Kier alpha value is -3.48. The monoisotopic (exact) mass is 396 g/mol. The molecule has 6 nitrogen and oxygen atoms in total. The second-order valence-corrected chi connectivity index (χ2v) is 6.57. The Labute approximate surface area is 168 Å². The fourth-order valence-corrected chi connectivity index (χ4v) is 3.37. The third-order valence-corrected chi connectivity index (χ3v) is 4.92. The maximum atomic E-state index is 16.5. The van der Waals surface area contributed by atoms with Crippen LogP contribution < -0.4 is 9.75 Å². The van der Waals surface area contributed by atoms with Crippen LogP contribution in [0.4, 0.5) is 10.1 Å². The third kappa shape index (κ3) is 3.40. The molecule has 29 heavy (non-hydrogen) atoms. The highest BCUT2D eigenvalue weighted by Crippen LogP contribution is 2.44. The summed E-state index contributed by atoms with van der Waals surface area (Å²) in [7, 11) is 2.68. The fraction of sp³-hybridized carbons (Fsp3) is 0.227. The average Bonchev–Trinajstić information content (AvgIpc) is 2.98. The molecule has 150 valence electrons. The van der Waals surface area contributed by atoms with Crippen molar-refractivity contribution < 1.29 is 23.5 Å². The zero-order valence-electron chi connectivity index (χ0n) is 16.4. The molecule has 0 bridgehead atoms. The van der Waals surface area contributed by atoms with Crippen LogP contribution in [0.25, 0.3) is 0 Å². The van der Waals surface area contributed by atoms with Crippen LogP contribution in [0, 0.1) is 0 Å². The van der Waals surface area contributed by atoms with Crippen molar-refractivity contribution in [1.29, 1.82) is 0 Å². The van der Waals surface area contributed by atoms with Gasteiger partial charge in [-0.1, -0.05) is 36.9 Å². The van der Waals surface area contributed by atoms with Crippen molar-refractivity contribution in [3.8, 4) is 5.75 Å². The van der Waals surface area contributed by atoms with E-state index in [-0.39, 0.29) is 11.3 Å². The van der Waals surface area contributed by atoms with Crippen LogP contribution in [0.15, 0.2) is 71.9 Å². The minimum Gasteiger partial charge on any atom is -0.497 e. The van der Waals surface area contributed by atoms with Gasteiger partial charge >= 0.3 is 5.97 Å². The SMILES string of the molecule is C=C(C(=O)OC)C(c1ccc(OC)cc1)C1(F)C(=O)N(c2ccccc2)N=C1C. The molecule has 2 unspecified atom stereocenters. The lowest BCUT2D eigenvalue weighted by atomic mass is 9.76. The van der Waals surface area contributed by atoms with E-state index in [2.05, 4.69) is 11.7 Å². The van der Waals surface area contributed by atoms with Crippen molar-refractivity contribution in [3.63, 3.8) is 0 Å². The van der Waals surface area contributed by atoms with Crippen LogP contribution in [-0.2, 0) is 14.3 Å². The number of amides is 1. The lowest BCUT2D eigenvalue weighted by Crippen LogP contribution is -2.48. The first-order chi connectivity index (χ1) is 13.8. The molecule has 1 amide bonds. The fourth-order valence-electron chi connectivity index (χ4n) is 3.37. The van der Waals surface area contributed by atoms with Crippen LogP contribution in [0.5, 0.6) is 5.75 Å². The number of anilines is 1. The molecule has 3 rings (SSSR count). The Bertz CT molecular complexity index is 972. The van der Waals surface area contributed by atoms with E-state index in [4.69, 9.17) is 9.47 Å². The second-order valence-electron chi connectivity index (χ2n) is 6.57. The summed E-state index contributed by atoms with van der Waals surface area (Å²) in [4.78, 5) is 25.4. The first-order valence-corrected chi connectivity index (χ1v) is 8.89. The van der Waals surface area contributed by atoms with Crippen LogP contribution in [0.2, 0.25) is 0 Å². The number of hydrogen-bond acceptors (Lipinski definition) is 5. The predicted molar refractivity (Wildman–Crippen MR) is 108 cm³/mol. The quantitative estimate of drug-likeness (QED) is 0.552. The highest BCUT2D eigenvalue weighted by atomic mass is 19.1. The lowest BCUT2D eigenvalue weighted by molar-refractivity contribution is -0.137. The predicted octanol–water partition coefficient (Wildman–Crippen LogP) is 3.64. The van der Waals surface area contributed by atoms with Crippen molar-refractivity contribution in [2.45, 2.75) is 18.5 Å². The summed E-state index contributed by atoms with van der Waals surface area (Å²) in [6.07, 6.45) is 0. The molecule has 0 spiro atoms. The Morgan fingerprint density at radius 1 is 1.14 bits per heavy atom. The summed E-state index contributed by atoms with van der Waals surface area (Å²) in [5, 5.41) is 5.16. The zero-order valence-corrected chi connectivity index (χ0v) is 16.4. The van der Waals surface area contributed by atoms with Gasteiger partial charge in [-0.3, -0.25) is 4.79 Å². The molecule has 1 aliphatic heterocycles. The molecule has 1 heterocycles. The van der Waals surface area contributed by atoms with E-state index >= 15 is 4.39 Å². The van der Waals surface area contributed by atoms with Gasteiger partial charge in [0.15, 0.2) is 0 Å². The Kier molecular flexibility index (Phi) is 5.50. The van der Waals surface area contributed by atoms with Crippen LogP contribution in [-0.4, -0.2) is 37.5 Å². The van der Waals surface area contributed by atoms with Crippen LogP contribution in [0.1, 0.15) is 18.4 Å². The van der Waals surface area contributed by atoms with Gasteiger partial charge in [0.05, 0.1) is 31.5 Å². The van der Waals surface area contributed by atoms with E-state index in [9.17, 15) is 9.59 Å². The number of methoxy groups -OCH3 is 2. The van der Waals surface area contributed by atoms with Crippen molar-refractivity contribution in [2.24, 2.45) is 5.10 Å². The summed E-state index contributed by atoms with van der Waals surface area (Å²) in [6, 6.07) is 14.9. The highest BCUT2D eigenvalue weighted by Gasteiger charge is 2.58. The Morgan fingerprint density at radius 3 is 2.31 bits per heavy atom. The number of esters is 1. The van der Waals surface area contributed by atoms with Gasteiger partial charge in [-0.25, -0.2) is 9.18 Å². The minimum atomic E-state index is -2.60. The summed E-state index contributed by atoms with van der Waals surface area (Å²) < 4.78 is 26.4. The minimum absolute atomic E-state index is 0.0720. The van der Waals surface area contributed by atoms with Crippen LogP contribution in [0.3, 0.4) is 0 Å². The summed E-state index contributed by atoms with van der Waals surface area (Å²) in [5.41, 5.74) is -2.05. The molecule has 0 radical (unpaired) electrons. The molecule has 1 aliphatic rings. The topological polar surface area (TPSA) is 68.2 Å². The van der Waals surface area contributed by atoms with Gasteiger partial charge in [0.1, 0.15) is 5.75 Å². The first kappa shape index (κ1) is 20.3. The van der Waals surface area contributed by atoms with Crippen molar-refractivity contribution in [3.05, 3.63) is 72.3 Å². The molecule has 0 saturated carbocycles. The molecule has 0 N–H and O–H groups in total. The second kappa shape index (κ2) is 7.87. The van der Waals surface area contributed by atoms with Gasteiger partial charge < -0.3 is 9.47 Å². The molecule has 0 aliphatic carbocycles. The highest BCUT2D eigenvalue weighted by molar-refractivity contribution is 6.23. The molecule has 7 heteroatoms. The van der Waals surface area contributed by atoms with Gasteiger partial charge in [-0.15, -0.1) is 0 Å². The molecule has 0 saturated heterocycles. The number of ether oxygens (including phenoxy) is 2. The maximum absolute atomic E-state index is 16.5. The largest absolute Gasteiger partial charge is 0.497 e. The Balaban J connectivity index is 2.11. The van der Waals surface area contributed by atoms with Gasteiger partial charge in [-0.05, 0) is 36.8 Å². The number of hydrogen-bond donors (Lipinski definition) is 0. The molecule has 2 atom stereocenters. The number of rotatable bonds is 6. The number of hydrazone groups is 1. The number of nitrogens with zero attached hydrogens (tertiary/aromatic N) is 2. The number of alkyl halides is 1. The molecule has 0 aromatic heterocycles. The molecule has 2 aromatic rings. The van der Waals surface area contributed by atoms with E-state index < -0.39 is 23.5 Å². The third-order valence-electron chi connectivity index (χ3n) is 4.92. The van der Waals surface area contributed by atoms with E-state index in [1.54, 1.807) is 54.6 Å². The number of halogens is 1. The van der Waals surface area contributed by atoms with E-state index in [0.29, 0.717) is 17.0 Å². The van der Waals surface area contributed by atoms with Gasteiger partial charge in [0.25, 0.3) is 5.91 Å². The van der Waals surface area contributed by atoms with Crippen LogP contribution >= 0.6 is 0 Å². The first-order valence-electron chi connectivity index (χ1n) is 8.89. The maximum Gasteiger partial charge on any atom is 0.333 e. The van der Waals surface area contributed by atoms with Crippen molar-refractivity contribution >= 4 is 23.3 Å². The summed E-state index contributed by atoms with van der Waals surface area (Å²) >= 11 is 0. The Morgan fingerprint density at radius 2 is 1.76 bits per heavy atom. The van der Waals surface area contributed by atoms with Gasteiger partial charge in [-0.2, -0.15) is 10.1 Å². The molecule has 0 fully saturated rings. The van der Waals surface area contributed by atoms with E-state index in [1.807, 2.05) is 0 Å². The smallest absolute Gasteiger partial charge is 0.333 e. The average molecular weight is 396 g/mol. The van der Waals surface area contributed by atoms with E-state index in [1.165, 1.54) is 21.1 Å². The number of para-hydroxylation sites is 1. The van der Waals surface area contributed by atoms with Gasteiger partial charge in [0.2, 0.25) is 5.67 Å². The summed E-state index contributed by atoms with van der Waals surface area (Å²) in [6.45, 7) is 5.15. The normalized spacial score (nSPS) is 19.5. The number of carbonyl (C=O) groups is 2. The van der Waals surface area contributed by atoms with Crippen molar-refractivity contribution in [2.75, 3.05) is 19.2 Å². The molecular formula is C22H21FN2O4. The van der Waals surface area contributed by atoms with E-state index in [0.717, 1.165) is 5.01 Å². The summed E-state index contributed by atoms with van der Waals surface area (Å²) in [5.74, 6) is -2.46. The lowest BCUT2D eigenvalue weighted by Gasteiger charge is -2.30. The molecular weight excluding hydrogens is 375 g/mol. The zero-order chi connectivity index (χ0) is 21.2. The standard InChI is InChI=1S/C22H21FN2O4/c1-14(20(26)29-4)19(16-10-12-18(28-3)13-11-16)22(23)15(2)24-25(21(22)27)17-8-6-5-7-9-17/h5-13,19H,1H2,2-4H3. The van der Waals surface area contributed by atoms with Crippen molar-refractivity contribution in [1.82, 2.24) is 0 Å². The van der Waals surface area contributed by atoms with Gasteiger partial charge in [0, 0.05) is 5.57 Å². The number of benzene rings is 2. The number of carbonyl (C=O) groups excluding carboxylic acids is 2. The molecule has 2 aromatic carbocycles.